The SMILES string of the molecule is CC(C)CC(CN)N(C)CC1CCN(C)C1. The van der Waals surface area contributed by atoms with Gasteiger partial charge in [-0.15, -0.1) is 0 Å². The normalized spacial score (nSPS) is 24.6. The molecule has 0 aromatic heterocycles. The van der Waals surface area contributed by atoms with Crippen molar-refractivity contribution in [2.75, 3.05) is 40.3 Å². The van der Waals surface area contributed by atoms with Crippen LogP contribution in [0.4, 0.5) is 0 Å². The van der Waals surface area contributed by atoms with Crippen LogP contribution in [0, 0.1) is 11.8 Å². The molecule has 3 heteroatoms. The number of hydrogen-bond acceptors (Lipinski definition) is 3. The average Bonchev–Trinajstić information content (AvgIpc) is 2.60. The molecule has 1 fully saturated rings. The second-order valence-corrected chi connectivity index (χ2v) is 5.88. The first-order valence-electron chi connectivity index (χ1n) is 6.61. The molecule has 0 aromatic carbocycles. The van der Waals surface area contributed by atoms with Gasteiger partial charge in [-0.05, 0) is 45.3 Å². The smallest absolute Gasteiger partial charge is 0.0217 e. The number of likely N-dealkylation sites (tertiary alicyclic amines) is 1. The lowest BCUT2D eigenvalue weighted by Gasteiger charge is -2.30. The summed E-state index contributed by atoms with van der Waals surface area (Å²) in [6.45, 7) is 9.06. The largest absolute Gasteiger partial charge is 0.329 e. The highest BCUT2D eigenvalue weighted by Gasteiger charge is 2.23. The van der Waals surface area contributed by atoms with Gasteiger partial charge in [-0.1, -0.05) is 13.8 Å². The molecule has 3 nitrogen and oxygen atoms in total. The molecule has 0 aliphatic carbocycles. The van der Waals surface area contributed by atoms with Gasteiger partial charge in [0.1, 0.15) is 0 Å². The molecule has 1 heterocycles. The van der Waals surface area contributed by atoms with Crippen molar-refractivity contribution in [3.05, 3.63) is 0 Å². The molecule has 1 saturated heterocycles. The van der Waals surface area contributed by atoms with Crippen molar-refractivity contribution < 1.29 is 0 Å². The zero-order valence-corrected chi connectivity index (χ0v) is 11.4. The maximum absolute atomic E-state index is 5.87. The van der Waals surface area contributed by atoms with E-state index < -0.39 is 0 Å². The van der Waals surface area contributed by atoms with Crippen molar-refractivity contribution in [1.82, 2.24) is 9.80 Å². The molecule has 1 rings (SSSR count). The Morgan fingerprint density at radius 2 is 2.12 bits per heavy atom. The highest BCUT2D eigenvalue weighted by atomic mass is 15.2. The van der Waals surface area contributed by atoms with E-state index >= 15 is 0 Å². The van der Waals surface area contributed by atoms with Crippen LogP contribution in [-0.4, -0.2) is 56.1 Å². The summed E-state index contributed by atoms with van der Waals surface area (Å²) in [4.78, 5) is 4.90. The lowest BCUT2D eigenvalue weighted by Crippen LogP contribution is -2.41. The van der Waals surface area contributed by atoms with Gasteiger partial charge < -0.3 is 15.5 Å². The number of likely N-dealkylation sites (N-methyl/N-ethyl adjacent to an activating group) is 1. The van der Waals surface area contributed by atoms with Gasteiger partial charge in [-0.25, -0.2) is 0 Å². The zero-order chi connectivity index (χ0) is 12.1. The maximum atomic E-state index is 5.87. The third-order valence-electron chi connectivity index (χ3n) is 3.67. The first-order valence-corrected chi connectivity index (χ1v) is 6.61. The van der Waals surface area contributed by atoms with E-state index in [1.54, 1.807) is 0 Å². The van der Waals surface area contributed by atoms with Gasteiger partial charge in [0.15, 0.2) is 0 Å². The molecule has 2 atom stereocenters. The van der Waals surface area contributed by atoms with Crippen LogP contribution in [-0.2, 0) is 0 Å². The van der Waals surface area contributed by atoms with E-state index in [-0.39, 0.29) is 0 Å². The maximum Gasteiger partial charge on any atom is 0.0217 e. The van der Waals surface area contributed by atoms with Crippen molar-refractivity contribution in [3.8, 4) is 0 Å². The molecule has 2 N–H and O–H groups in total. The van der Waals surface area contributed by atoms with Gasteiger partial charge in [0.2, 0.25) is 0 Å². The monoisotopic (exact) mass is 227 g/mol. The molecule has 0 aromatic rings. The van der Waals surface area contributed by atoms with Crippen LogP contribution in [0.2, 0.25) is 0 Å². The third-order valence-corrected chi connectivity index (χ3v) is 3.67. The van der Waals surface area contributed by atoms with E-state index in [0.29, 0.717) is 6.04 Å². The van der Waals surface area contributed by atoms with Crippen LogP contribution < -0.4 is 5.73 Å². The van der Waals surface area contributed by atoms with Crippen LogP contribution in [0.15, 0.2) is 0 Å². The molecule has 0 saturated carbocycles. The summed E-state index contributed by atoms with van der Waals surface area (Å²) in [7, 11) is 4.45. The molecule has 2 unspecified atom stereocenters. The van der Waals surface area contributed by atoms with Gasteiger partial charge in [-0.2, -0.15) is 0 Å². The van der Waals surface area contributed by atoms with Crippen molar-refractivity contribution in [3.63, 3.8) is 0 Å². The van der Waals surface area contributed by atoms with Crippen molar-refractivity contribution in [2.45, 2.75) is 32.7 Å². The predicted molar refractivity (Wildman–Crippen MR) is 70.5 cm³/mol. The van der Waals surface area contributed by atoms with E-state index in [2.05, 4.69) is 37.7 Å². The summed E-state index contributed by atoms with van der Waals surface area (Å²) < 4.78 is 0. The summed E-state index contributed by atoms with van der Waals surface area (Å²) >= 11 is 0. The van der Waals surface area contributed by atoms with Crippen LogP contribution >= 0.6 is 0 Å². The minimum atomic E-state index is 0.561. The molecule has 0 bridgehead atoms. The minimum absolute atomic E-state index is 0.561. The Labute approximate surface area is 101 Å². The van der Waals surface area contributed by atoms with E-state index in [4.69, 9.17) is 5.73 Å². The second kappa shape index (κ2) is 6.58. The Balaban J connectivity index is 2.34. The minimum Gasteiger partial charge on any atom is -0.329 e. The Bertz CT molecular complexity index is 194. The molecule has 1 aliphatic heterocycles. The van der Waals surface area contributed by atoms with Crippen molar-refractivity contribution in [1.29, 1.82) is 0 Å². The second-order valence-electron chi connectivity index (χ2n) is 5.88. The van der Waals surface area contributed by atoms with E-state index in [9.17, 15) is 0 Å². The fraction of sp³-hybridized carbons (Fsp3) is 1.00. The number of rotatable bonds is 6. The van der Waals surface area contributed by atoms with Crippen LogP contribution in [0.5, 0.6) is 0 Å². The summed E-state index contributed by atoms with van der Waals surface area (Å²) in [6.07, 6.45) is 2.56. The van der Waals surface area contributed by atoms with Crippen LogP contribution in [0.3, 0.4) is 0 Å². The lowest BCUT2D eigenvalue weighted by atomic mass is 10.0. The molecule has 1 aliphatic rings. The van der Waals surface area contributed by atoms with E-state index in [1.807, 2.05) is 0 Å². The predicted octanol–water partition coefficient (Wildman–Crippen LogP) is 1.24. The van der Waals surface area contributed by atoms with Crippen LogP contribution in [0.1, 0.15) is 26.7 Å². The Morgan fingerprint density at radius 3 is 2.56 bits per heavy atom. The average molecular weight is 227 g/mol. The molecule has 0 amide bonds. The number of hydrogen-bond donors (Lipinski definition) is 1. The third kappa shape index (κ3) is 4.40. The fourth-order valence-electron chi connectivity index (χ4n) is 2.73. The molecule has 0 spiro atoms. The summed E-state index contributed by atoms with van der Waals surface area (Å²) in [5.74, 6) is 1.58. The summed E-state index contributed by atoms with van der Waals surface area (Å²) in [5, 5.41) is 0. The quantitative estimate of drug-likeness (QED) is 0.741. The topological polar surface area (TPSA) is 32.5 Å². The van der Waals surface area contributed by atoms with E-state index in [1.165, 1.54) is 32.5 Å². The standard InChI is InChI=1S/C13H29N3/c1-11(2)7-13(8-14)16(4)10-12-5-6-15(3)9-12/h11-13H,5-10,14H2,1-4H3. The van der Waals surface area contributed by atoms with Gasteiger partial charge in [-0.3, -0.25) is 0 Å². The fourth-order valence-corrected chi connectivity index (χ4v) is 2.73. The highest BCUT2D eigenvalue weighted by Crippen LogP contribution is 2.17. The summed E-state index contributed by atoms with van der Waals surface area (Å²) in [5.41, 5.74) is 5.87. The number of nitrogens with zero attached hydrogens (tertiary/aromatic N) is 2. The molecular formula is C13H29N3. The Morgan fingerprint density at radius 1 is 1.44 bits per heavy atom. The Hall–Kier alpha value is -0.120. The molecular weight excluding hydrogens is 198 g/mol. The highest BCUT2D eigenvalue weighted by molar-refractivity contribution is 4.79. The van der Waals surface area contributed by atoms with Crippen molar-refractivity contribution in [2.24, 2.45) is 17.6 Å². The first-order chi connectivity index (χ1) is 7.52. The molecule has 96 valence electrons. The van der Waals surface area contributed by atoms with E-state index in [0.717, 1.165) is 18.4 Å². The molecule has 0 radical (unpaired) electrons. The molecule has 16 heavy (non-hydrogen) atoms. The van der Waals surface area contributed by atoms with Gasteiger partial charge in [0.25, 0.3) is 0 Å². The van der Waals surface area contributed by atoms with Crippen molar-refractivity contribution >= 4 is 0 Å². The van der Waals surface area contributed by atoms with Crippen LogP contribution in [0.25, 0.3) is 0 Å². The van der Waals surface area contributed by atoms with Gasteiger partial charge in [0.05, 0.1) is 0 Å². The lowest BCUT2D eigenvalue weighted by molar-refractivity contribution is 0.188. The van der Waals surface area contributed by atoms with Gasteiger partial charge >= 0.3 is 0 Å². The Kier molecular flexibility index (Phi) is 5.73. The zero-order valence-electron chi connectivity index (χ0n) is 11.4. The van der Waals surface area contributed by atoms with Gasteiger partial charge in [0, 0.05) is 25.7 Å². The summed E-state index contributed by atoms with van der Waals surface area (Å²) in [6, 6.07) is 0.561. The first kappa shape index (κ1) is 13.9. The number of nitrogens with two attached hydrogens (primary N) is 1.